The van der Waals surface area contributed by atoms with Crippen molar-refractivity contribution < 1.29 is 4.74 Å². The maximum Gasteiger partial charge on any atom is 0.158 e. The molecule has 1 aliphatic heterocycles. The van der Waals surface area contributed by atoms with Crippen molar-refractivity contribution in [1.82, 2.24) is 14.9 Å². The maximum absolute atomic E-state index is 5.89. The summed E-state index contributed by atoms with van der Waals surface area (Å²) >= 11 is 0. The molecule has 5 heteroatoms. The van der Waals surface area contributed by atoms with Crippen LogP contribution in [-0.4, -0.2) is 41.1 Å². The Morgan fingerprint density at radius 1 is 1.58 bits per heavy atom. The highest BCUT2D eigenvalue weighted by atomic mass is 16.5. The highest BCUT2D eigenvalue weighted by Crippen LogP contribution is 2.21. The molecule has 106 valence electrons. The summed E-state index contributed by atoms with van der Waals surface area (Å²) in [7, 11) is 0. The van der Waals surface area contributed by atoms with Crippen LogP contribution in [-0.2, 0) is 4.74 Å². The van der Waals surface area contributed by atoms with Gasteiger partial charge in [-0.3, -0.25) is 4.90 Å². The minimum atomic E-state index is -0.0297. The third-order valence-corrected chi connectivity index (χ3v) is 3.50. The second-order valence-corrected chi connectivity index (χ2v) is 5.22. The summed E-state index contributed by atoms with van der Waals surface area (Å²) in [6.45, 7) is 9.87. The molecule has 2 atom stereocenters. The van der Waals surface area contributed by atoms with Gasteiger partial charge in [0.05, 0.1) is 6.61 Å². The number of aryl methyl sites for hydroxylation is 1. The number of aromatic nitrogens is 2. The highest BCUT2D eigenvalue weighted by Gasteiger charge is 2.24. The molecule has 0 aliphatic carbocycles. The van der Waals surface area contributed by atoms with E-state index in [1.54, 1.807) is 0 Å². The van der Waals surface area contributed by atoms with E-state index in [-0.39, 0.29) is 12.1 Å². The minimum absolute atomic E-state index is 0.0128. The van der Waals surface area contributed by atoms with Gasteiger partial charge in [-0.15, -0.1) is 0 Å². The highest BCUT2D eigenvalue weighted by molar-refractivity contribution is 5.20. The van der Waals surface area contributed by atoms with Gasteiger partial charge in [0.2, 0.25) is 0 Å². The summed E-state index contributed by atoms with van der Waals surface area (Å²) in [6, 6.07) is -0.0297. The Kier molecular flexibility index (Phi) is 4.85. The van der Waals surface area contributed by atoms with Gasteiger partial charge >= 0.3 is 0 Å². The zero-order valence-electron chi connectivity index (χ0n) is 12.1. The SMILES string of the molecule is CCCN1CCOC(c2ncc(C(C)N)c(C)n2)C1. The largest absolute Gasteiger partial charge is 0.368 e. The number of rotatable bonds is 4. The lowest BCUT2D eigenvalue weighted by atomic mass is 10.1. The quantitative estimate of drug-likeness (QED) is 0.894. The summed E-state index contributed by atoms with van der Waals surface area (Å²) < 4.78 is 5.80. The predicted molar refractivity (Wildman–Crippen MR) is 74.8 cm³/mol. The first kappa shape index (κ1) is 14.4. The Morgan fingerprint density at radius 3 is 3.00 bits per heavy atom. The van der Waals surface area contributed by atoms with Crippen LogP contribution in [0.5, 0.6) is 0 Å². The number of nitrogens with zero attached hydrogens (tertiary/aromatic N) is 3. The van der Waals surface area contributed by atoms with Crippen molar-refractivity contribution in [2.45, 2.75) is 39.3 Å². The van der Waals surface area contributed by atoms with Crippen LogP contribution in [0.4, 0.5) is 0 Å². The Labute approximate surface area is 115 Å². The average Bonchev–Trinajstić information content (AvgIpc) is 2.39. The van der Waals surface area contributed by atoms with Gasteiger partial charge in [-0.25, -0.2) is 9.97 Å². The molecule has 0 aromatic carbocycles. The smallest absolute Gasteiger partial charge is 0.158 e. The molecular formula is C14H24N4O. The zero-order chi connectivity index (χ0) is 13.8. The molecule has 2 N–H and O–H groups in total. The van der Waals surface area contributed by atoms with Crippen LogP contribution < -0.4 is 5.73 Å². The number of morpholine rings is 1. The molecule has 1 aromatic rings. The molecule has 0 bridgehead atoms. The van der Waals surface area contributed by atoms with Crippen LogP contribution >= 0.6 is 0 Å². The number of hydrogen-bond donors (Lipinski definition) is 1. The van der Waals surface area contributed by atoms with E-state index in [0.717, 1.165) is 49.7 Å². The number of ether oxygens (including phenoxy) is 1. The maximum atomic E-state index is 5.89. The Morgan fingerprint density at radius 2 is 2.37 bits per heavy atom. The molecular weight excluding hydrogens is 240 g/mol. The molecule has 1 aromatic heterocycles. The lowest BCUT2D eigenvalue weighted by Crippen LogP contribution is -2.39. The molecule has 0 saturated carbocycles. The van der Waals surface area contributed by atoms with Crippen molar-refractivity contribution in [2.24, 2.45) is 5.73 Å². The topological polar surface area (TPSA) is 64.3 Å². The van der Waals surface area contributed by atoms with Gasteiger partial charge in [0.15, 0.2) is 5.82 Å². The summed E-state index contributed by atoms with van der Waals surface area (Å²) in [5, 5.41) is 0. The molecule has 1 fully saturated rings. The Hall–Kier alpha value is -1.04. The van der Waals surface area contributed by atoms with E-state index in [2.05, 4.69) is 21.8 Å². The van der Waals surface area contributed by atoms with Crippen LogP contribution in [0.3, 0.4) is 0 Å². The first-order valence-electron chi connectivity index (χ1n) is 7.04. The summed E-state index contributed by atoms with van der Waals surface area (Å²) in [6.07, 6.45) is 2.99. The number of nitrogens with two attached hydrogens (primary N) is 1. The second kappa shape index (κ2) is 6.41. The van der Waals surface area contributed by atoms with E-state index in [4.69, 9.17) is 10.5 Å². The predicted octanol–water partition coefficient (Wildman–Crippen LogP) is 1.59. The molecule has 0 radical (unpaired) electrons. The van der Waals surface area contributed by atoms with Crippen LogP contribution in [0.15, 0.2) is 6.20 Å². The molecule has 19 heavy (non-hydrogen) atoms. The molecule has 0 amide bonds. The molecule has 2 unspecified atom stereocenters. The molecule has 2 rings (SSSR count). The van der Waals surface area contributed by atoms with E-state index >= 15 is 0 Å². The van der Waals surface area contributed by atoms with E-state index in [0.29, 0.717) is 0 Å². The summed E-state index contributed by atoms with van der Waals surface area (Å²) in [5.41, 5.74) is 7.84. The van der Waals surface area contributed by atoms with Gasteiger partial charge in [0, 0.05) is 36.6 Å². The normalized spacial score (nSPS) is 22.4. The Bertz CT molecular complexity index is 420. The van der Waals surface area contributed by atoms with Gasteiger partial charge in [-0.05, 0) is 26.8 Å². The zero-order valence-corrected chi connectivity index (χ0v) is 12.1. The molecule has 5 nitrogen and oxygen atoms in total. The van der Waals surface area contributed by atoms with E-state index in [9.17, 15) is 0 Å². The van der Waals surface area contributed by atoms with E-state index in [1.165, 1.54) is 0 Å². The average molecular weight is 264 g/mol. The van der Waals surface area contributed by atoms with E-state index < -0.39 is 0 Å². The van der Waals surface area contributed by atoms with Gasteiger partial charge in [-0.2, -0.15) is 0 Å². The summed E-state index contributed by atoms with van der Waals surface area (Å²) in [4.78, 5) is 11.4. The monoisotopic (exact) mass is 264 g/mol. The van der Waals surface area contributed by atoms with Crippen molar-refractivity contribution in [3.8, 4) is 0 Å². The van der Waals surface area contributed by atoms with Gasteiger partial charge < -0.3 is 10.5 Å². The second-order valence-electron chi connectivity index (χ2n) is 5.22. The van der Waals surface area contributed by atoms with Crippen molar-refractivity contribution in [2.75, 3.05) is 26.2 Å². The third kappa shape index (κ3) is 3.49. The fraction of sp³-hybridized carbons (Fsp3) is 0.714. The summed E-state index contributed by atoms with van der Waals surface area (Å²) in [5.74, 6) is 0.780. The standard InChI is InChI=1S/C14H24N4O/c1-4-5-18-6-7-19-13(9-18)14-16-8-12(10(2)15)11(3)17-14/h8,10,13H,4-7,9,15H2,1-3H3. The lowest BCUT2D eigenvalue weighted by Gasteiger charge is -2.32. The third-order valence-electron chi connectivity index (χ3n) is 3.50. The molecule has 1 aliphatic rings. The molecule has 2 heterocycles. The Balaban J connectivity index is 2.11. The fourth-order valence-electron chi connectivity index (χ4n) is 2.47. The first-order valence-corrected chi connectivity index (χ1v) is 7.04. The fourth-order valence-corrected chi connectivity index (χ4v) is 2.47. The van der Waals surface area contributed by atoms with E-state index in [1.807, 2.05) is 20.0 Å². The van der Waals surface area contributed by atoms with Crippen LogP contribution in [0.25, 0.3) is 0 Å². The van der Waals surface area contributed by atoms with Crippen LogP contribution in [0.2, 0.25) is 0 Å². The molecule has 0 spiro atoms. The number of hydrogen-bond acceptors (Lipinski definition) is 5. The van der Waals surface area contributed by atoms with Crippen molar-refractivity contribution >= 4 is 0 Å². The van der Waals surface area contributed by atoms with Crippen molar-refractivity contribution in [3.05, 3.63) is 23.3 Å². The minimum Gasteiger partial charge on any atom is -0.368 e. The van der Waals surface area contributed by atoms with Crippen molar-refractivity contribution in [3.63, 3.8) is 0 Å². The van der Waals surface area contributed by atoms with Crippen molar-refractivity contribution in [1.29, 1.82) is 0 Å². The van der Waals surface area contributed by atoms with Gasteiger partial charge in [-0.1, -0.05) is 6.92 Å². The van der Waals surface area contributed by atoms with Crippen LogP contribution in [0.1, 0.15) is 49.5 Å². The first-order chi connectivity index (χ1) is 9.11. The van der Waals surface area contributed by atoms with Gasteiger partial charge in [0.1, 0.15) is 6.10 Å². The lowest BCUT2D eigenvalue weighted by molar-refractivity contribution is -0.0343. The molecule has 1 saturated heterocycles. The van der Waals surface area contributed by atoms with Gasteiger partial charge in [0.25, 0.3) is 0 Å². The van der Waals surface area contributed by atoms with Crippen LogP contribution in [0, 0.1) is 6.92 Å².